The van der Waals surface area contributed by atoms with Gasteiger partial charge in [0, 0.05) is 25.2 Å². The van der Waals surface area contributed by atoms with Crippen LogP contribution in [0.4, 0.5) is 4.39 Å². The van der Waals surface area contributed by atoms with E-state index in [1.54, 1.807) is 13.8 Å². The van der Waals surface area contributed by atoms with E-state index >= 15 is 0 Å². The number of halogens is 1. The van der Waals surface area contributed by atoms with Crippen molar-refractivity contribution < 1.29 is 18.7 Å². The molecule has 1 amide bonds. The van der Waals surface area contributed by atoms with Gasteiger partial charge in [-0.1, -0.05) is 30.3 Å². The molecule has 0 saturated carbocycles. The molecule has 0 atom stereocenters. The molecule has 2 aromatic rings. The van der Waals surface area contributed by atoms with Gasteiger partial charge in [-0.3, -0.25) is 4.79 Å². The fourth-order valence-corrected chi connectivity index (χ4v) is 3.43. The van der Waals surface area contributed by atoms with Crippen LogP contribution in [0.25, 0.3) is 0 Å². The van der Waals surface area contributed by atoms with Crippen molar-refractivity contribution in [1.82, 2.24) is 5.32 Å². The third-order valence-corrected chi connectivity index (χ3v) is 5.16. The maximum absolute atomic E-state index is 13.1. The van der Waals surface area contributed by atoms with E-state index in [1.807, 2.05) is 18.2 Å². The van der Waals surface area contributed by atoms with E-state index in [9.17, 15) is 9.18 Å². The lowest BCUT2D eigenvalue weighted by Gasteiger charge is -2.38. The summed E-state index contributed by atoms with van der Waals surface area (Å²) in [7, 11) is 0. The monoisotopic (exact) mass is 371 g/mol. The van der Waals surface area contributed by atoms with E-state index in [0.29, 0.717) is 25.5 Å². The molecule has 0 aliphatic carbocycles. The van der Waals surface area contributed by atoms with E-state index in [0.717, 1.165) is 12.8 Å². The molecule has 1 saturated heterocycles. The molecule has 3 rings (SSSR count). The predicted octanol–water partition coefficient (Wildman–Crippen LogP) is 3.85. The first-order valence-electron chi connectivity index (χ1n) is 9.27. The van der Waals surface area contributed by atoms with Crippen molar-refractivity contribution in [3.05, 3.63) is 66.0 Å². The van der Waals surface area contributed by atoms with Gasteiger partial charge in [0.15, 0.2) is 5.60 Å². The van der Waals surface area contributed by atoms with Crippen LogP contribution >= 0.6 is 0 Å². The third kappa shape index (κ3) is 4.66. The lowest BCUT2D eigenvalue weighted by Crippen LogP contribution is -2.52. The summed E-state index contributed by atoms with van der Waals surface area (Å²) in [5, 5.41) is 3.07. The van der Waals surface area contributed by atoms with Gasteiger partial charge in [-0.2, -0.15) is 0 Å². The van der Waals surface area contributed by atoms with Crippen LogP contribution in [0.1, 0.15) is 32.3 Å². The van der Waals surface area contributed by atoms with Gasteiger partial charge < -0.3 is 14.8 Å². The topological polar surface area (TPSA) is 47.6 Å². The zero-order valence-electron chi connectivity index (χ0n) is 15.8. The minimum Gasteiger partial charge on any atom is -0.478 e. The fourth-order valence-electron chi connectivity index (χ4n) is 3.43. The largest absolute Gasteiger partial charge is 0.478 e. The van der Waals surface area contributed by atoms with E-state index in [1.165, 1.54) is 29.8 Å². The average Bonchev–Trinajstić information content (AvgIpc) is 2.69. The maximum atomic E-state index is 13.1. The highest BCUT2D eigenvalue weighted by Crippen LogP contribution is 2.34. The van der Waals surface area contributed by atoms with Gasteiger partial charge >= 0.3 is 0 Å². The van der Waals surface area contributed by atoms with Crippen LogP contribution in [0.2, 0.25) is 0 Å². The Morgan fingerprint density at radius 3 is 2.37 bits per heavy atom. The number of hydrogen-bond acceptors (Lipinski definition) is 3. The number of nitrogens with one attached hydrogen (secondary N) is 1. The van der Waals surface area contributed by atoms with Crippen LogP contribution in [-0.4, -0.2) is 31.3 Å². The van der Waals surface area contributed by atoms with Gasteiger partial charge in [0.2, 0.25) is 0 Å². The van der Waals surface area contributed by atoms with Crippen LogP contribution in [0.5, 0.6) is 5.75 Å². The Bertz CT molecular complexity index is 753. The predicted molar refractivity (Wildman–Crippen MR) is 102 cm³/mol. The lowest BCUT2D eigenvalue weighted by atomic mass is 9.74. The Labute approximate surface area is 159 Å². The van der Waals surface area contributed by atoms with Gasteiger partial charge in [0.1, 0.15) is 11.6 Å². The van der Waals surface area contributed by atoms with Crippen molar-refractivity contribution in [2.24, 2.45) is 0 Å². The summed E-state index contributed by atoms with van der Waals surface area (Å²) < 4.78 is 24.4. The molecule has 0 radical (unpaired) electrons. The average molecular weight is 371 g/mol. The molecule has 5 heteroatoms. The van der Waals surface area contributed by atoms with E-state index in [2.05, 4.69) is 17.4 Å². The molecule has 0 unspecified atom stereocenters. The van der Waals surface area contributed by atoms with Crippen molar-refractivity contribution in [3.8, 4) is 5.75 Å². The summed E-state index contributed by atoms with van der Waals surface area (Å²) >= 11 is 0. The fraction of sp³-hybridized carbons (Fsp3) is 0.409. The molecule has 27 heavy (non-hydrogen) atoms. The molecule has 0 bridgehead atoms. The van der Waals surface area contributed by atoms with E-state index in [4.69, 9.17) is 9.47 Å². The normalized spacial score (nSPS) is 16.6. The first kappa shape index (κ1) is 19.4. The Morgan fingerprint density at radius 1 is 1.11 bits per heavy atom. The van der Waals surface area contributed by atoms with Crippen molar-refractivity contribution in [2.45, 2.75) is 37.7 Å². The quantitative estimate of drug-likeness (QED) is 0.839. The number of benzene rings is 2. The molecule has 1 fully saturated rings. The Hall–Kier alpha value is -2.40. The molecular weight excluding hydrogens is 345 g/mol. The molecular formula is C22H26FNO3. The maximum Gasteiger partial charge on any atom is 0.263 e. The number of rotatable bonds is 6. The zero-order valence-corrected chi connectivity index (χ0v) is 15.8. The van der Waals surface area contributed by atoms with Gasteiger partial charge in [-0.15, -0.1) is 0 Å². The van der Waals surface area contributed by atoms with Crippen LogP contribution < -0.4 is 10.1 Å². The van der Waals surface area contributed by atoms with Crippen LogP contribution in [-0.2, 0) is 14.9 Å². The highest BCUT2D eigenvalue weighted by molar-refractivity contribution is 5.84. The molecule has 2 aromatic carbocycles. The Morgan fingerprint density at radius 2 is 1.74 bits per heavy atom. The zero-order chi connectivity index (χ0) is 19.3. The highest BCUT2D eigenvalue weighted by Gasteiger charge is 2.37. The summed E-state index contributed by atoms with van der Waals surface area (Å²) in [5.41, 5.74) is 0.00741. The van der Waals surface area contributed by atoms with Gasteiger partial charge in [0.25, 0.3) is 5.91 Å². The molecule has 1 aliphatic rings. The summed E-state index contributed by atoms with van der Waals surface area (Å²) in [6.07, 6.45) is 1.72. The summed E-state index contributed by atoms with van der Waals surface area (Å²) in [6, 6.07) is 15.9. The lowest BCUT2D eigenvalue weighted by molar-refractivity contribution is -0.134. The Kier molecular flexibility index (Phi) is 5.80. The third-order valence-electron chi connectivity index (χ3n) is 5.16. The minimum atomic E-state index is -1.07. The molecule has 0 aromatic heterocycles. The smallest absolute Gasteiger partial charge is 0.263 e. The van der Waals surface area contributed by atoms with Crippen LogP contribution in [0, 0.1) is 5.82 Å². The summed E-state index contributed by atoms with van der Waals surface area (Å²) in [6.45, 7) is 5.31. The van der Waals surface area contributed by atoms with E-state index in [-0.39, 0.29) is 17.1 Å². The standard InChI is InChI=1S/C22H26FNO3/c1-21(2,27-19-10-8-18(23)9-11-19)20(25)24-16-22(12-14-26-15-13-22)17-6-4-3-5-7-17/h3-11H,12-16H2,1-2H3,(H,24,25). The van der Waals surface area contributed by atoms with E-state index < -0.39 is 5.60 Å². The number of hydrogen-bond donors (Lipinski definition) is 1. The summed E-state index contributed by atoms with van der Waals surface area (Å²) in [4.78, 5) is 12.8. The van der Waals surface area contributed by atoms with Crippen molar-refractivity contribution in [3.63, 3.8) is 0 Å². The molecule has 0 spiro atoms. The van der Waals surface area contributed by atoms with Gasteiger partial charge in [-0.25, -0.2) is 4.39 Å². The number of carbonyl (C=O) groups excluding carboxylic acids is 1. The van der Waals surface area contributed by atoms with Crippen LogP contribution in [0.3, 0.4) is 0 Å². The van der Waals surface area contributed by atoms with Crippen molar-refractivity contribution >= 4 is 5.91 Å². The molecule has 1 heterocycles. The highest BCUT2D eigenvalue weighted by atomic mass is 19.1. The molecule has 4 nitrogen and oxygen atoms in total. The van der Waals surface area contributed by atoms with Crippen LogP contribution in [0.15, 0.2) is 54.6 Å². The number of carbonyl (C=O) groups is 1. The second kappa shape index (κ2) is 8.09. The number of amides is 1. The second-order valence-corrected chi connectivity index (χ2v) is 7.51. The molecule has 1 aliphatic heterocycles. The summed E-state index contributed by atoms with van der Waals surface area (Å²) in [5.74, 6) is -0.0806. The number of ether oxygens (including phenoxy) is 2. The van der Waals surface area contributed by atoms with Crippen molar-refractivity contribution in [1.29, 1.82) is 0 Å². The second-order valence-electron chi connectivity index (χ2n) is 7.51. The first-order chi connectivity index (χ1) is 12.9. The minimum absolute atomic E-state index is 0.138. The van der Waals surface area contributed by atoms with Crippen molar-refractivity contribution in [2.75, 3.05) is 19.8 Å². The molecule has 144 valence electrons. The first-order valence-corrected chi connectivity index (χ1v) is 9.27. The SMILES string of the molecule is CC(C)(Oc1ccc(F)cc1)C(=O)NCC1(c2ccccc2)CCOCC1. The van der Waals surface area contributed by atoms with Gasteiger partial charge in [-0.05, 0) is 56.5 Å². The van der Waals surface area contributed by atoms with Gasteiger partial charge in [0.05, 0.1) is 0 Å². The molecule has 1 N–H and O–H groups in total. The Balaban J connectivity index is 1.69.